The van der Waals surface area contributed by atoms with Gasteiger partial charge >= 0.3 is 0 Å². The Morgan fingerprint density at radius 3 is 2.85 bits per heavy atom. The number of hydrogen-bond donors (Lipinski definition) is 1. The monoisotopic (exact) mass is 270 g/mol. The second-order valence-corrected chi connectivity index (χ2v) is 6.01. The summed E-state index contributed by atoms with van der Waals surface area (Å²) in [5.74, 6) is 0. The van der Waals surface area contributed by atoms with Gasteiger partial charge in [-0.1, -0.05) is 36.2 Å². The van der Waals surface area contributed by atoms with Crippen molar-refractivity contribution >= 4 is 0 Å². The lowest BCUT2D eigenvalue weighted by Gasteiger charge is -2.23. The molecule has 0 amide bonds. The maximum atomic E-state index is 8.65. The first-order valence-electron chi connectivity index (χ1n) is 7.76. The molecule has 0 saturated heterocycles. The van der Waals surface area contributed by atoms with E-state index in [0.29, 0.717) is 6.04 Å². The lowest BCUT2D eigenvalue weighted by Crippen LogP contribution is -2.25. The molecule has 4 heteroatoms. The van der Waals surface area contributed by atoms with Crippen molar-refractivity contribution in [3.05, 3.63) is 45.3 Å². The highest BCUT2D eigenvalue weighted by molar-refractivity contribution is 5.36. The minimum absolute atomic E-state index is 0.0422. The number of azide groups is 1. The van der Waals surface area contributed by atoms with Crippen molar-refractivity contribution in [1.82, 2.24) is 5.32 Å². The van der Waals surface area contributed by atoms with Crippen molar-refractivity contribution in [2.24, 2.45) is 5.11 Å². The third-order valence-corrected chi connectivity index (χ3v) is 4.63. The summed E-state index contributed by atoms with van der Waals surface area (Å²) in [6.07, 6.45) is 8.61. The quantitative estimate of drug-likeness (QED) is 0.492. The highest BCUT2D eigenvalue weighted by Crippen LogP contribution is 2.33. The lowest BCUT2D eigenvalue weighted by atomic mass is 9.87. The van der Waals surface area contributed by atoms with E-state index < -0.39 is 0 Å². The van der Waals surface area contributed by atoms with Crippen molar-refractivity contribution in [1.29, 1.82) is 0 Å². The van der Waals surface area contributed by atoms with Crippen LogP contribution in [-0.4, -0.2) is 6.04 Å². The first-order valence-corrected chi connectivity index (χ1v) is 7.76. The minimum Gasteiger partial charge on any atom is -0.310 e. The van der Waals surface area contributed by atoms with Crippen LogP contribution in [0.3, 0.4) is 0 Å². The fraction of sp³-hybridized carbons (Fsp3) is 0.625. The summed E-state index contributed by atoms with van der Waals surface area (Å²) in [5.41, 5.74) is 12.6. The summed E-state index contributed by atoms with van der Waals surface area (Å²) < 4.78 is 0. The van der Waals surface area contributed by atoms with Crippen LogP contribution in [0.2, 0.25) is 0 Å². The number of hydrogen-bond acceptors (Lipinski definition) is 2. The number of benzene rings is 1. The highest BCUT2D eigenvalue weighted by atomic mass is 15.1. The van der Waals surface area contributed by atoms with Crippen LogP contribution < -0.4 is 5.32 Å². The Labute approximate surface area is 120 Å². The SMILES string of the molecule is [N-]=[N+]=NC1CCCc2cc(CNC3CCCC3)ccc21. The van der Waals surface area contributed by atoms with Crippen LogP contribution in [0.25, 0.3) is 10.4 Å². The Morgan fingerprint density at radius 1 is 1.20 bits per heavy atom. The predicted molar refractivity (Wildman–Crippen MR) is 80.4 cm³/mol. The van der Waals surface area contributed by atoms with Crippen LogP contribution in [0.15, 0.2) is 23.3 Å². The Hall–Kier alpha value is -1.51. The molecule has 0 spiro atoms. The molecule has 2 aliphatic carbocycles. The maximum Gasteiger partial charge on any atom is 0.0628 e. The summed E-state index contributed by atoms with van der Waals surface area (Å²) in [6, 6.07) is 7.41. The van der Waals surface area contributed by atoms with E-state index in [9.17, 15) is 0 Å². The average molecular weight is 270 g/mol. The van der Waals surface area contributed by atoms with Gasteiger partial charge in [-0.3, -0.25) is 0 Å². The van der Waals surface area contributed by atoms with Gasteiger partial charge in [0.05, 0.1) is 6.04 Å². The van der Waals surface area contributed by atoms with Gasteiger partial charge < -0.3 is 5.32 Å². The van der Waals surface area contributed by atoms with Crippen molar-refractivity contribution in [3.8, 4) is 0 Å². The van der Waals surface area contributed by atoms with Crippen LogP contribution in [0.1, 0.15) is 61.3 Å². The first-order chi connectivity index (χ1) is 9.86. The van der Waals surface area contributed by atoms with Crippen molar-refractivity contribution in [2.45, 2.75) is 63.6 Å². The zero-order valence-corrected chi connectivity index (χ0v) is 11.9. The van der Waals surface area contributed by atoms with Crippen LogP contribution >= 0.6 is 0 Å². The Morgan fingerprint density at radius 2 is 2.05 bits per heavy atom. The molecule has 1 fully saturated rings. The molecular weight excluding hydrogens is 248 g/mol. The number of fused-ring (bicyclic) bond motifs is 1. The summed E-state index contributed by atoms with van der Waals surface area (Å²) in [7, 11) is 0. The highest BCUT2D eigenvalue weighted by Gasteiger charge is 2.19. The van der Waals surface area contributed by atoms with E-state index in [4.69, 9.17) is 5.53 Å². The van der Waals surface area contributed by atoms with Gasteiger partial charge in [-0.25, -0.2) is 0 Å². The number of nitrogens with one attached hydrogen (secondary N) is 1. The van der Waals surface area contributed by atoms with Gasteiger partial charge in [-0.15, -0.1) is 0 Å². The largest absolute Gasteiger partial charge is 0.310 e. The molecule has 0 heterocycles. The fourth-order valence-corrected chi connectivity index (χ4v) is 3.53. The number of aryl methyl sites for hydroxylation is 1. The van der Waals surface area contributed by atoms with E-state index in [1.165, 1.54) is 42.4 Å². The number of rotatable bonds is 4. The predicted octanol–water partition coefficient (Wildman–Crippen LogP) is 4.41. The van der Waals surface area contributed by atoms with E-state index >= 15 is 0 Å². The summed E-state index contributed by atoms with van der Waals surface area (Å²) in [4.78, 5) is 2.98. The molecule has 0 radical (unpaired) electrons. The second-order valence-electron chi connectivity index (χ2n) is 6.01. The Bertz CT molecular complexity index is 513. The number of nitrogens with zero attached hydrogens (tertiary/aromatic N) is 3. The molecule has 0 aromatic heterocycles. The van der Waals surface area contributed by atoms with Gasteiger partial charge in [-0.2, -0.15) is 0 Å². The molecule has 0 aliphatic heterocycles. The van der Waals surface area contributed by atoms with Gasteiger partial charge in [0.2, 0.25) is 0 Å². The standard InChI is InChI=1S/C16H22N4/c17-20-19-16-7-3-4-13-10-12(8-9-15(13)16)11-18-14-5-1-2-6-14/h8-10,14,16,18H,1-7,11H2. The van der Waals surface area contributed by atoms with E-state index in [2.05, 4.69) is 33.5 Å². The van der Waals surface area contributed by atoms with Crippen LogP contribution in [-0.2, 0) is 13.0 Å². The molecule has 1 aromatic rings. The summed E-state index contributed by atoms with van der Waals surface area (Å²) in [6.45, 7) is 0.962. The molecule has 1 atom stereocenters. The topological polar surface area (TPSA) is 60.8 Å². The van der Waals surface area contributed by atoms with Gasteiger partial charge in [0.1, 0.15) is 0 Å². The van der Waals surface area contributed by atoms with Crippen LogP contribution in [0.5, 0.6) is 0 Å². The molecule has 1 aromatic carbocycles. The third-order valence-electron chi connectivity index (χ3n) is 4.63. The summed E-state index contributed by atoms with van der Waals surface area (Å²) in [5, 5.41) is 7.59. The van der Waals surface area contributed by atoms with Crippen molar-refractivity contribution in [2.75, 3.05) is 0 Å². The molecule has 4 nitrogen and oxygen atoms in total. The first kappa shape index (κ1) is 13.5. The molecule has 1 unspecified atom stereocenters. The average Bonchev–Trinajstić information content (AvgIpc) is 2.99. The third kappa shape index (κ3) is 2.97. The molecule has 2 aliphatic rings. The van der Waals surface area contributed by atoms with E-state index in [0.717, 1.165) is 25.8 Å². The smallest absolute Gasteiger partial charge is 0.0628 e. The molecule has 106 valence electrons. The molecule has 20 heavy (non-hydrogen) atoms. The van der Waals surface area contributed by atoms with Gasteiger partial charge in [-0.05, 0) is 54.3 Å². The van der Waals surface area contributed by atoms with Crippen LogP contribution in [0.4, 0.5) is 0 Å². The molecule has 1 N–H and O–H groups in total. The zero-order valence-electron chi connectivity index (χ0n) is 11.9. The van der Waals surface area contributed by atoms with Gasteiger partial charge in [0.15, 0.2) is 0 Å². The molecule has 1 saturated carbocycles. The zero-order chi connectivity index (χ0) is 13.8. The summed E-state index contributed by atoms with van der Waals surface area (Å²) >= 11 is 0. The molecule has 0 bridgehead atoms. The van der Waals surface area contributed by atoms with Crippen molar-refractivity contribution in [3.63, 3.8) is 0 Å². The van der Waals surface area contributed by atoms with E-state index in [1.807, 2.05) is 0 Å². The van der Waals surface area contributed by atoms with E-state index in [-0.39, 0.29) is 6.04 Å². The van der Waals surface area contributed by atoms with Crippen molar-refractivity contribution < 1.29 is 0 Å². The molecular formula is C16H22N4. The van der Waals surface area contributed by atoms with Gasteiger partial charge in [0, 0.05) is 17.5 Å². The van der Waals surface area contributed by atoms with Crippen LogP contribution in [0, 0.1) is 0 Å². The Kier molecular flexibility index (Phi) is 4.24. The Balaban J connectivity index is 1.70. The van der Waals surface area contributed by atoms with Gasteiger partial charge in [0.25, 0.3) is 0 Å². The molecule has 3 rings (SSSR count). The minimum atomic E-state index is 0.0422. The van der Waals surface area contributed by atoms with E-state index in [1.54, 1.807) is 0 Å². The lowest BCUT2D eigenvalue weighted by molar-refractivity contribution is 0.522. The second kappa shape index (κ2) is 6.29. The fourth-order valence-electron chi connectivity index (χ4n) is 3.53. The normalized spacial score (nSPS) is 22.3. The maximum absolute atomic E-state index is 8.65.